The summed E-state index contributed by atoms with van der Waals surface area (Å²) in [4.78, 5) is 21.2. The summed E-state index contributed by atoms with van der Waals surface area (Å²) in [7, 11) is 1.53. The summed E-state index contributed by atoms with van der Waals surface area (Å²) < 4.78 is 5.26. The Kier molecular flexibility index (Phi) is 6.11. The number of amides is 1. The van der Waals surface area contributed by atoms with E-state index >= 15 is 0 Å². The number of ether oxygens (including phenoxy) is 1. The van der Waals surface area contributed by atoms with Crippen molar-refractivity contribution in [2.24, 2.45) is 0 Å². The molecule has 2 N–H and O–H groups in total. The molecule has 2 aromatic carbocycles. The van der Waals surface area contributed by atoms with Gasteiger partial charge in [-0.3, -0.25) is 4.79 Å². The topological polar surface area (TPSA) is 76.1 Å². The van der Waals surface area contributed by atoms with Crippen LogP contribution in [0.2, 0.25) is 5.02 Å². The summed E-state index contributed by atoms with van der Waals surface area (Å²) in [5.41, 5.74) is 2.75. The van der Waals surface area contributed by atoms with E-state index in [0.717, 1.165) is 11.3 Å². The van der Waals surface area contributed by atoms with Crippen LogP contribution in [0.4, 0.5) is 17.3 Å². The van der Waals surface area contributed by atoms with Crippen molar-refractivity contribution in [1.29, 1.82) is 0 Å². The number of carbonyl (C=O) groups is 1. The third-order valence-corrected chi connectivity index (χ3v) is 4.36. The van der Waals surface area contributed by atoms with Crippen molar-refractivity contribution >= 4 is 34.8 Å². The van der Waals surface area contributed by atoms with Crippen molar-refractivity contribution in [1.82, 2.24) is 9.97 Å². The zero-order valence-corrected chi connectivity index (χ0v) is 16.6. The molecule has 7 heteroatoms. The van der Waals surface area contributed by atoms with Gasteiger partial charge in [0, 0.05) is 16.9 Å². The van der Waals surface area contributed by atoms with Gasteiger partial charge in [-0.25, -0.2) is 9.97 Å². The lowest BCUT2D eigenvalue weighted by atomic mass is 10.0. The second kappa shape index (κ2) is 8.71. The van der Waals surface area contributed by atoms with Gasteiger partial charge < -0.3 is 15.4 Å². The van der Waals surface area contributed by atoms with Crippen molar-refractivity contribution in [3.8, 4) is 5.75 Å². The largest absolute Gasteiger partial charge is 0.495 e. The van der Waals surface area contributed by atoms with Gasteiger partial charge in [0.15, 0.2) is 0 Å². The zero-order chi connectivity index (χ0) is 20.1. The summed E-state index contributed by atoms with van der Waals surface area (Å²) in [5.74, 6) is 0.809. The first-order valence-electron chi connectivity index (χ1n) is 8.82. The number of rotatable bonds is 6. The third kappa shape index (κ3) is 4.58. The normalized spacial score (nSPS) is 10.6. The fraction of sp³-hybridized carbons (Fsp3) is 0.190. The van der Waals surface area contributed by atoms with Crippen LogP contribution in [0.5, 0.6) is 5.75 Å². The molecule has 0 aliphatic heterocycles. The average molecular weight is 397 g/mol. The van der Waals surface area contributed by atoms with E-state index in [4.69, 9.17) is 16.3 Å². The van der Waals surface area contributed by atoms with E-state index in [1.54, 1.807) is 24.3 Å². The Labute approximate surface area is 168 Å². The predicted molar refractivity (Wildman–Crippen MR) is 112 cm³/mol. The number of hydrogen-bond acceptors (Lipinski definition) is 5. The summed E-state index contributed by atoms with van der Waals surface area (Å²) in [5, 5.41) is 6.46. The zero-order valence-electron chi connectivity index (χ0n) is 15.9. The maximum atomic E-state index is 12.6. The van der Waals surface area contributed by atoms with E-state index in [-0.39, 0.29) is 11.6 Å². The number of methoxy groups -OCH3 is 1. The van der Waals surface area contributed by atoms with E-state index in [2.05, 4.69) is 40.5 Å². The summed E-state index contributed by atoms with van der Waals surface area (Å²) in [6, 6.07) is 14.5. The van der Waals surface area contributed by atoms with E-state index in [0.29, 0.717) is 28.3 Å². The Balaban J connectivity index is 1.82. The van der Waals surface area contributed by atoms with Gasteiger partial charge in [-0.2, -0.15) is 0 Å². The maximum absolute atomic E-state index is 12.6. The van der Waals surface area contributed by atoms with Crippen molar-refractivity contribution < 1.29 is 9.53 Å². The SMILES string of the molecule is COc1ccc(Cl)cc1NC(=O)c1ccnc(Nc2ccccc2C(C)C)n1. The Bertz CT molecular complexity index is 992. The first-order valence-corrected chi connectivity index (χ1v) is 9.19. The second-order valence-electron chi connectivity index (χ2n) is 6.43. The van der Waals surface area contributed by atoms with Crippen LogP contribution in [-0.4, -0.2) is 23.0 Å². The molecule has 0 fully saturated rings. The first kappa shape index (κ1) is 19.6. The van der Waals surface area contributed by atoms with Crippen molar-refractivity contribution in [2.45, 2.75) is 19.8 Å². The Morgan fingerprint density at radius 2 is 1.89 bits per heavy atom. The molecule has 0 aliphatic rings. The van der Waals surface area contributed by atoms with Crippen LogP contribution in [0, 0.1) is 0 Å². The molecule has 0 bridgehead atoms. The number of benzene rings is 2. The van der Waals surface area contributed by atoms with Crippen LogP contribution in [0.1, 0.15) is 35.8 Å². The van der Waals surface area contributed by atoms with Crippen LogP contribution in [-0.2, 0) is 0 Å². The molecule has 0 unspecified atom stereocenters. The van der Waals surface area contributed by atoms with Gasteiger partial charge in [0.05, 0.1) is 12.8 Å². The fourth-order valence-corrected chi connectivity index (χ4v) is 2.92. The predicted octanol–water partition coefficient (Wildman–Crippen LogP) is 5.26. The second-order valence-corrected chi connectivity index (χ2v) is 6.87. The highest BCUT2D eigenvalue weighted by atomic mass is 35.5. The Morgan fingerprint density at radius 3 is 2.64 bits per heavy atom. The molecule has 0 saturated carbocycles. The molecule has 0 radical (unpaired) electrons. The molecular weight excluding hydrogens is 376 g/mol. The number of aromatic nitrogens is 2. The number of nitrogens with zero attached hydrogens (tertiary/aromatic N) is 2. The summed E-state index contributed by atoms with van der Waals surface area (Å²) in [6.07, 6.45) is 1.54. The molecule has 0 spiro atoms. The van der Waals surface area contributed by atoms with Crippen LogP contribution in [0.15, 0.2) is 54.7 Å². The van der Waals surface area contributed by atoms with Gasteiger partial charge in [0.1, 0.15) is 11.4 Å². The molecule has 6 nitrogen and oxygen atoms in total. The molecule has 0 aliphatic carbocycles. The van der Waals surface area contributed by atoms with E-state index in [1.807, 2.05) is 18.2 Å². The lowest BCUT2D eigenvalue weighted by Gasteiger charge is -2.14. The minimum absolute atomic E-state index is 0.224. The lowest BCUT2D eigenvalue weighted by Crippen LogP contribution is -2.15. The Morgan fingerprint density at radius 1 is 1.11 bits per heavy atom. The molecule has 3 rings (SSSR count). The molecule has 0 saturated heterocycles. The van der Waals surface area contributed by atoms with Crippen molar-refractivity contribution in [2.75, 3.05) is 17.7 Å². The number of nitrogens with one attached hydrogen (secondary N) is 2. The van der Waals surface area contributed by atoms with Gasteiger partial charge in [-0.15, -0.1) is 0 Å². The monoisotopic (exact) mass is 396 g/mol. The minimum Gasteiger partial charge on any atom is -0.495 e. The number of carbonyl (C=O) groups excluding carboxylic acids is 1. The highest BCUT2D eigenvalue weighted by Gasteiger charge is 2.14. The molecule has 3 aromatic rings. The molecule has 1 amide bonds. The number of hydrogen-bond donors (Lipinski definition) is 2. The van der Waals surface area contributed by atoms with E-state index < -0.39 is 0 Å². The number of halogens is 1. The van der Waals surface area contributed by atoms with Crippen LogP contribution < -0.4 is 15.4 Å². The highest BCUT2D eigenvalue weighted by molar-refractivity contribution is 6.31. The van der Waals surface area contributed by atoms with Crippen molar-refractivity contribution in [3.05, 3.63) is 71.0 Å². The van der Waals surface area contributed by atoms with Gasteiger partial charge in [-0.1, -0.05) is 43.6 Å². The molecule has 1 aromatic heterocycles. The van der Waals surface area contributed by atoms with E-state index in [9.17, 15) is 4.79 Å². The highest BCUT2D eigenvalue weighted by Crippen LogP contribution is 2.28. The standard InChI is InChI=1S/C21H21ClN4O2/c1-13(2)15-6-4-5-7-16(15)25-21-23-11-10-17(26-21)20(27)24-18-12-14(22)8-9-19(18)28-3/h4-13H,1-3H3,(H,24,27)(H,23,25,26). The average Bonchev–Trinajstić information content (AvgIpc) is 2.68. The van der Waals surface area contributed by atoms with Gasteiger partial charge in [-0.05, 0) is 41.8 Å². The molecule has 1 heterocycles. The smallest absolute Gasteiger partial charge is 0.274 e. The number of anilines is 3. The van der Waals surface area contributed by atoms with Crippen LogP contribution in [0.3, 0.4) is 0 Å². The maximum Gasteiger partial charge on any atom is 0.274 e. The quantitative estimate of drug-likeness (QED) is 0.594. The van der Waals surface area contributed by atoms with E-state index in [1.165, 1.54) is 13.3 Å². The van der Waals surface area contributed by atoms with Gasteiger partial charge in [0.25, 0.3) is 5.91 Å². The van der Waals surface area contributed by atoms with Crippen molar-refractivity contribution in [3.63, 3.8) is 0 Å². The third-order valence-electron chi connectivity index (χ3n) is 4.13. The molecule has 0 atom stereocenters. The molecular formula is C21H21ClN4O2. The summed E-state index contributed by atoms with van der Waals surface area (Å²) >= 11 is 6.02. The van der Waals surface area contributed by atoms with Crippen LogP contribution in [0.25, 0.3) is 0 Å². The minimum atomic E-state index is -0.386. The van der Waals surface area contributed by atoms with Gasteiger partial charge in [0.2, 0.25) is 5.95 Å². The summed E-state index contributed by atoms with van der Waals surface area (Å²) in [6.45, 7) is 4.23. The Hall–Kier alpha value is -3.12. The lowest BCUT2D eigenvalue weighted by molar-refractivity contribution is 0.102. The van der Waals surface area contributed by atoms with Gasteiger partial charge >= 0.3 is 0 Å². The number of para-hydroxylation sites is 1. The molecule has 28 heavy (non-hydrogen) atoms. The first-order chi connectivity index (χ1) is 13.5. The fourth-order valence-electron chi connectivity index (χ4n) is 2.74. The van der Waals surface area contributed by atoms with Crippen LogP contribution >= 0.6 is 11.6 Å². The molecule has 144 valence electrons.